The molecule has 2 N–H and O–H groups in total. The fraction of sp³-hybridized carbons (Fsp3) is 0.773. The monoisotopic (exact) mass is 521 g/mol. The molecule has 7 heteroatoms. The Balaban J connectivity index is 0.00000420. The highest BCUT2D eigenvalue weighted by molar-refractivity contribution is 14.0. The quantitative estimate of drug-likeness (QED) is 0.209. The Hall–Kier alpha value is -0.800. The number of hydrogen-bond donors (Lipinski definition) is 2. The van der Waals surface area contributed by atoms with Crippen LogP contribution < -0.4 is 10.6 Å². The van der Waals surface area contributed by atoms with Gasteiger partial charge in [-0.25, -0.2) is 0 Å². The number of ether oxygens (including phenoxy) is 2. The molecule has 0 spiro atoms. The summed E-state index contributed by atoms with van der Waals surface area (Å²) in [5, 5.41) is 6.88. The second kappa shape index (κ2) is 14.2. The summed E-state index contributed by atoms with van der Waals surface area (Å²) < 4.78 is 16.9. The number of rotatable bonds is 10. The lowest BCUT2D eigenvalue weighted by Crippen LogP contribution is -2.43. The van der Waals surface area contributed by atoms with Crippen molar-refractivity contribution >= 4 is 29.9 Å². The van der Waals surface area contributed by atoms with Crippen molar-refractivity contribution in [1.82, 2.24) is 10.6 Å². The topological polar surface area (TPSA) is 68.0 Å². The number of halogens is 1. The minimum atomic E-state index is 0. The predicted molar refractivity (Wildman–Crippen MR) is 129 cm³/mol. The Morgan fingerprint density at radius 1 is 1.28 bits per heavy atom. The highest BCUT2D eigenvalue weighted by Crippen LogP contribution is 2.34. The van der Waals surface area contributed by atoms with E-state index < -0.39 is 0 Å². The van der Waals surface area contributed by atoms with Crippen LogP contribution in [0.1, 0.15) is 52.7 Å². The van der Waals surface area contributed by atoms with Crippen molar-refractivity contribution in [3.63, 3.8) is 0 Å². The van der Waals surface area contributed by atoms with Crippen LogP contribution in [0.15, 0.2) is 27.8 Å². The van der Waals surface area contributed by atoms with Gasteiger partial charge < -0.3 is 24.5 Å². The molecule has 0 amide bonds. The van der Waals surface area contributed by atoms with Crippen LogP contribution in [-0.2, 0) is 15.9 Å². The third kappa shape index (κ3) is 10.2. The molecule has 1 saturated heterocycles. The summed E-state index contributed by atoms with van der Waals surface area (Å²) in [4.78, 5) is 4.89. The Kier molecular flexibility index (Phi) is 12.9. The van der Waals surface area contributed by atoms with E-state index in [2.05, 4.69) is 31.4 Å². The number of guanidine groups is 1. The largest absolute Gasteiger partial charge is 0.469 e. The summed E-state index contributed by atoms with van der Waals surface area (Å²) in [6.07, 6.45) is 6.07. The molecule has 0 bridgehead atoms. The zero-order valence-electron chi connectivity index (χ0n) is 18.5. The van der Waals surface area contributed by atoms with Crippen molar-refractivity contribution < 1.29 is 13.9 Å². The Morgan fingerprint density at radius 2 is 2.07 bits per heavy atom. The second-order valence-electron chi connectivity index (χ2n) is 8.48. The number of aliphatic imine (C=N–C) groups is 1. The molecular formula is C22H40IN3O3. The molecule has 0 saturated carbocycles. The van der Waals surface area contributed by atoms with E-state index in [1.54, 1.807) is 6.26 Å². The number of nitrogens with one attached hydrogen (secondary N) is 2. The lowest BCUT2D eigenvalue weighted by atomic mass is 9.78. The standard InChI is InChI=1S/C22H39N3O3.HI/c1-5-26-14-8-12-23-21(24-13-11-19-10-7-15-27-19)25-17-18-9-6-16-28-20(18)22(2,3)4;/h7,10,15,18,20H,5-6,8-9,11-14,16-17H2,1-4H3,(H2,23,24,25);1H. The number of hydrogen-bond acceptors (Lipinski definition) is 4. The maximum absolute atomic E-state index is 6.10. The predicted octanol–water partition coefficient (Wildman–Crippen LogP) is 4.24. The smallest absolute Gasteiger partial charge is 0.191 e. The van der Waals surface area contributed by atoms with Gasteiger partial charge in [-0.05, 0) is 43.7 Å². The first-order valence-electron chi connectivity index (χ1n) is 10.7. The maximum Gasteiger partial charge on any atom is 0.191 e. The Labute approximate surface area is 193 Å². The van der Waals surface area contributed by atoms with E-state index in [1.165, 1.54) is 6.42 Å². The van der Waals surface area contributed by atoms with Crippen LogP contribution in [0.2, 0.25) is 0 Å². The van der Waals surface area contributed by atoms with Crippen LogP contribution in [0.5, 0.6) is 0 Å². The van der Waals surface area contributed by atoms with E-state index in [1.807, 2.05) is 19.1 Å². The minimum absolute atomic E-state index is 0. The van der Waals surface area contributed by atoms with Crippen molar-refractivity contribution in [3.05, 3.63) is 24.2 Å². The molecule has 6 nitrogen and oxygen atoms in total. The molecule has 1 aromatic rings. The molecule has 0 aromatic carbocycles. The first-order chi connectivity index (χ1) is 13.5. The van der Waals surface area contributed by atoms with Crippen LogP contribution in [0.25, 0.3) is 0 Å². The van der Waals surface area contributed by atoms with Gasteiger partial charge in [-0.2, -0.15) is 0 Å². The summed E-state index contributed by atoms with van der Waals surface area (Å²) in [5.74, 6) is 2.30. The molecule has 1 aliphatic heterocycles. The molecule has 2 atom stereocenters. The molecule has 1 aromatic heterocycles. The van der Waals surface area contributed by atoms with E-state index in [-0.39, 0.29) is 35.5 Å². The molecule has 1 aliphatic rings. The average molecular weight is 521 g/mol. The molecule has 2 rings (SSSR count). The third-order valence-corrected chi connectivity index (χ3v) is 4.99. The number of nitrogens with zero attached hydrogens (tertiary/aromatic N) is 1. The van der Waals surface area contributed by atoms with Crippen molar-refractivity contribution in [2.45, 2.75) is 59.5 Å². The third-order valence-electron chi connectivity index (χ3n) is 4.99. The van der Waals surface area contributed by atoms with Crippen LogP contribution in [0.3, 0.4) is 0 Å². The van der Waals surface area contributed by atoms with Gasteiger partial charge in [0, 0.05) is 51.8 Å². The zero-order valence-corrected chi connectivity index (χ0v) is 20.9. The normalized spacial score (nSPS) is 20.2. The van der Waals surface area contributed by atoms with Crippen LogP contribution in [0.4, 0.5) is 0 Å². The van der Waals surface area contributed by atoms with Crippen LogP contribution in [0, 0.1) is 11.3 Å². The van der Waals surface area contributed by atoms with Gasteiger partial charge >= 0.3 is 0 Å². The fourth-order valence-corrected chi connectivity index (χ4v) is 3.65. The molecule has 168 valence electrons. The highest BCUT2D eigenvalue weighted by Gasteiger charge is 2.35. The molecular weight excluding hydrogens is 481 g/mol. The summed E-state index contributed by atoms with van der Waals surface area (Å²) in [6.45, 7) is 13.6. The van der Waals surface area contributed by atoms with Crippen molar-refractivity contribution in [3.8, 4) is 0 Å². The van der Waals surface area contributed by atoms with Crippen molar-refractivity contribution in [1.29, 1.82) is 0 Å². The summed E-state index contributed by atoms with van der Waals surface area (Å²) in [6, 6.07) is 3.92. The molecule has 0 radical (unpaired) electrons. The van der Waals surface area contributed by atoms with Crippen molar-refractivity contribution in [2.24, 2.45) is 16.3 Å². The van der Waals surface area contributed by atoms with Gasteiger partial charge in [-0.3, -0.25) is 4.99 Å². The van der Waals surface area contributed by atoms with E-state index in [0.29, 0.717) is 5.92 Å². The van der Waals surface area contributed by atoms with Gasteiger partial charge in [-0.15, -0.1) is 24.0 Å². The van der Waals surface area contributed by atoms with Crippen LogP contribution >= 0.6 is 24.0 Å². The van der Waals surface area contributed by atoms with Gasteiger partial charge in [0.15, 0.2) is 5.96 Å². The van der Waals surface area contributed by atoms with Gasteiger partial charge in [0.1, 0.15) is 5.76 Å². The van der Waals surface area contributed by atoms with Gasteiger partial charge in [0.05, 0.1) is 12.4 Å². The maximum atomic E-state index is 6.10. The lowest BCUT2D eigenvalue weighted by molar-refractivity contribution is -0.0823. The Bertz CT molecular complexity index is 558. The lowest BCUT2D eigenvalue weighted by Gasteiger charge is -2.39. The SMILES string of the molecule is CCOCCCNC(=NCC1CCCOC1C(C)(C)C)NCCc1ccco1.I. The molecule has 1 fully saturated rings. The zero-order chi connectivity index (χ0) is 20.2. The summed E-state index contributed by atoms with van der Waals surface area (Å²) in [7, 11) is 0. The highest BCUT2D eigenvalue weighted by atomic mass is 127. The van der Waals surface area contributed by atoms with Gasteiger partial charge in [0.25, 0.3) is 0 Å². The molecule has 29 heavy (non-hydrogen) atoms. The minimum Gasteiger partial charge on any atom is -0.469 e. The molecule has 2 heterocycles. The van der Waals surface area contributed by atoms with Gasteiger partial charge in [0.2, 0.25) is 0 Å². The summed E-state index contributed by atoms with van der Waals surface area (Å²) >= 11 is 0. The molecule has 0 aliphatic carbocycles. The van der Waals surface area contributed by atoms with E-state index in [9.17, 15) is 0 Å². The Morgan fingerprint density at radius 3 is 2.76 bits per heavy atom. The average Bonchev–Trinajstić information content (AvgIpc) is 3.18. The van der Waals surface area contributed by atoms with Crippen molar-refractivity contribution in [2.75, 3.05) is 39.5 Å². The van der Waals surface area contributed by atoms with E-state index >= 15 is 0 Å². The first kappa shape index (κ1) is 26.2. The first-order valence-corrected chi connectivity index (χ1v) is 10.7. The van der Waals surface area contributed by atoms with E-state index in [0.717, 1.165) is 70.4 Å². The number of furan rings is 1. The van der Waals surface area contributed by atoms with Gasteiger partial charge in [-0.1, -0.05) is 20.8 Å². The van der Waals surface area contributed by atoms with Crippen LogP contribution in [-0.4, -0.2) is 51.5 Å². The summed E-state index contributed by atoms with van der Waals surface area (Å²) in [5.41, 5.74) is 0.137. The van der Waals surface area contributed by atoms with E-state index in [4.69, 9.17) is 18.9 Å². The second-order valence-corrected chi connectivity index (χ2v) is 8.48. The molecule has 2 unspecified atom stereocenters. The fourth-order valence-electron chi connectivity index (χ4n) is 3.65.